The molecule has 0 unspecified atom stereocenters. The SMILES string of the molecule is C.C.C.C=C(C)CCC.C=CC.C=CC. The fraction of sp³-hybridized carbons (Fsp3) is 0.600. The van der Waals surface area contributed by atoms with Crippen LogP contribution in [0.15, 0.2) is 37.5 Å². The molecule has 0 bridgehead atoms. The molecule has 0 heterocycles. The molecule has 0 aliphatic heterocycles. The van der Waals surface area contributed by atoms with E-state index in [1.165, 1.54) is 18.4 Å². The van der Waals surface area contributed by atoms with Crippen LogP contribution < -0.4 is 0 Å². The molecule has 0 rings (SSSR count). The summed E-state index contributed by atoms with van der Waals surface area (Å²) in [5, 5.41) is 0. The van der Waals surface area contributed by atoms with Crippen LogP contribution in [-0.2, 0) is 0 Å². The normalized spacial score (nSPS) is 5.07. The van der Waals surface area contributed by atoms with Crippen LogP contribution in [0.5, 0.6) is 0 Å². The molecule has 0 aromatic heterocycles. The van der Waals surface area contributed by atoms with Crippen LogP contribution in [0.4, 0.5) is 0 Å². The molecule has 0 aromatic rings. The summed E-state index contributed by atoms with van der Waals surface area (Å²) in [7, 11) is 0. The zero-order valence-corrected chi connectivity index (χ0v) is 9.19. The summed E-state index contributed by atoms with van der Waals surface area (Å²) in [5.41, 5.74) is 1.29. The highest BCUT2D eigenvalue weighted by molar-refractivity contribution is 4.86. The second kappa shape index (κ2) is 51.0. The number of hydrogen-bond acceptors (Lipinski definition) is 0. The van der Waals surface area contributed by atoms with E-state index >= 15 is 0 Å². The minimum atomic E-state index is 0. The Kier molecular flexibility index (Phi) is 125. The van der Waals surface area contributed by atoms with E-state index in [0.717, 1.165) is 0 Å². The van der Waals surface area contributed by atoms with Crippen molar-refractivity contribution in [3.63, 3.8) is 0 Å². The molecule has 0 spiro atoms. The van der Waals surface area contributed by atoms with Gasteiger partial charge in [0.2, 0.25) is 0 Å². The second-order valence-corrected chi connectivity index (χ2v) is 2.52. The second-order valence-electron chi connectivity index (χ2n) is 2.52. The van der Waals surface area contributed by atoms with Gasteiger partial charge in [-0.15, -0.1) is 19.7 Å². The van der Waals surface area contributed by atoms with Gasteiger partial charge in [-0.2, -0.15) is 0 Å². The molecular weight excluding hydrogens is 180 g/mol. The van der Waals surface area contributed by atoms with E-state index in [4.69, 9.17) is 0 Å². The van der Waals surface area contributed by atoms with Gasteiger partial charge >= 0.3 is 0 Å². The fourth-order valence-corrected chi connectivity index (χ4v) is 0.427. The Balaban J connectivity index is -0.0000000200. The van der Waals surface area contributed by atoms with E-state index in [0.29, 0.717) is 0 Å². The van der Waals surface area contributed by atoms with Crippen molar-refractivity contribution in [2.24, 2.45) is 0 Å². The molecule has 0 aliphatic carbocycles. The van der Waals surface area contributed by atoms with Crippen LogP contribution in [0.25, 0.3) is 0 Å². The van der Waals surface area contributed by atoms with Crippen molar-refractivity contribution in [2.45, 2.75) is 62.8 Å². The molecule has 0 nitrogen and oxygen atoms in total. The molecule has 0 heteroatoms. The van der Waals surface area contributed by atoms with Crippen LogP contribution in [0.1, 0.15) is 62.8 Å². The first-order valence-corrected chi connectivity index (χ1v) is 4.39. The Morgan fingerprint density at radius 3 is 1.20 bits per heavy atom. The third-order valence-corrected chi connectivity index (χ3v) is 0.677. The van der Waals surface area contributed by atoms with E-state index in [-0.39, 0.29) is 22.3 Å². The predicted octanol–water partition coefficient (Wildman–Crippen LogP) is 6.66. The van der Waals surface area contributed by atoms with Crippen molar-refractivity contribution in [2.75, 3.05) is 0 Å². The maximum Gasteiger partial charge on any atom is -0.0328 e. The molecule has 96 valence electrons. The third-order valence-electron chi connectivity index (χ3n) is 0.677. The van der Waals surface area contributed by atoms with Gasteiger partial charge < -0.3 is 0 Å². The lowest BCUT2D eigenvalue weighted by Gasteiger charge is -1.87. The van der Waals surface area contributed by atoms with E-state index in [1.807, 2.05) is 13.8 Å². The summed E-state index contributed by atoms with van der Waals surface area (Å²) in [5.74, 6) is 0. The maximum absolute atomic E-state index is 3.74. The van der Waals surface area contributed by atoms with E-state index in [1.54, 1.807) is 12.2 Å². The average molecular weight is 216 g/mol. The Hall–Kier alpha value is -0.780. The van der Waals surface area contributed by atoms with Gasteiger partial charge in [0.1, 0.15) is 0 Å². The first kappa shape index (κ1) is 36.8. The van der Waals surface area contributed by atoms with E-state index in [9.17, 15) is 0 Å². The lowest BCUT2D eigenvalue weighted by molar-refractivity contribution is 0.910. The van der Waals surface area contributed by atoms with Crippen LogP contribution in [-0.4, -0.2) is 0 Å². The fourth-order valence-electron chi connectivity index (χ4n) is 0.427. The summed E-state index contributed by atoms with van der Waals surface area (Å²) >= 11 is 0. The molecule has 0 atom stereocenters. The zero-order valence-electron chi connectivity index (χ0n) is 9.19. The quantitative estimate of drug-likeness (QED) is 0.453. The molecule has 15 heavy (non-hydrogen) atoms. The summed E-state index contributed by atoms with van der Waals surface area (Å²) in [6.07, 6.45) is 5.91. The van der Waals surface area contributed by atoms with Crippen LogP contribution in [0.2, 0.25) is 0 Å². The lowest BCUT2D eigenvalue weighted by atomic mass is 10.2. The average Bonchev–Trinajstić information content (AvgIpc) is 1.89. The van der Waals surface area contributed by atoms with Crippen molar-refractivity contribution in [1.29, 1.82) is 0 Å². The maximum atomic E-state index is 3.74. The van der Waals surface area contributed by atoms with Crippen molar-refractivity contribution < 1.29 is 0 Å². The van der Waals surface area contributed by atoms with Gasteiger partial charge in [-0.05, 0) is 27.2 Å². The van der Waals surface area contributed by atoms with Gasteiger partial charge in [0.25, 0.3) is 0 Å². The standard InChI is InChI=1S/C6H12.2C3H6.3CH4/c1-4-5-6(2)3;2*1-3-2;;;/h2,4-5H2,1,3H3;2*3H,1H2,2H3;3*1H4. The Bertz CT molecular complexity index is 92.6. The van der Waals surface area contributed by atoms with Gasteiger partial charge in [0, 0.05) is 0 Å². The molecule has 0 saturated carbocycles. The Morgan fingerprint density at radius 1 is 1.00 bits per heavy atom. The highest BCUT2D eigenvalue weighted by Crippen LogP contribution is 1.96. The summed E-state index contributed by atoms with van der Waals surface area (Å²) in [4.78, 5) is 0. The van der Waals surface area contributed by atoms with Crippen molar-refractivity contribution in [3.05, 3.63) is 37.5 Å². The molecular formula is C15H36. The number of allylic oxidation sites excluding steroid dienone is 3. The third kappa shape index (κ3) is 338. The molecule has 0 fully saturated rings. The van der Waals surface area contributed by atoms with Crippen LogP contribution in [0, 0.1) is 0 Å². The van der Waals surface area contributed by atoms with Gasteiger partial charge in [-0.3, -0.25) is 0 Å². The molecule has 0 aliphatic rings. The van der Waals surface area contributed by atoms with E-state index in [2.05, 4.69) is 33.6 Å². The lowest BCUT2D eigenvalue weighted by Crippen LogP contribution is -1.66. The van der Waals surface area contributed by atoms with Gasteiger partial charge in [0.05, 0.1) is 0 Å². The van der Waals surface area contributed by atoms with Crippen LogP contribution >= 0.6 is 0 Å². The van der Waals surface area contributed by atoms with Gasteiger partial charge in [-0.25, -0.2) is 0 Å². The molecule has 0 saturated heterocycles. The first-order valence-electron chi connectivity index (χ1n) is 4.39. The van der Waals surface area contributed by atoms with Crippen molar-refractivity contribution >= 4 is 0 Å². The summed E-state index contributed by atoms with van der Waals surface area (Å²) in [6.45, 7) is 18.5. The van der Waals surface area contributed by atoms with Crippen LogP contribution in [0.3, 0.4) is 0 Å². The predicted molar refractivity (Wildman–Crippen MR) is 81.7 cm³/mol. The summed E-state index contributed by atoms with van der Waals surface area (Å²) < 4.78 is 0. The Morgan fingerprint density at radius 2 is 1.20 bits per heavy atom. The van der Waals surface area contributed by atoms with Gasteiger partial charge in [0.15, 0.2) is 0 Å². The highest BCUT2D eigenvalue weighted by Gasteiger charge is 1.76. The minimum Gasteiger partial charge on any atom is -0.103 e. The van der Waals surface area contributed by atoms with Crippen molar-refractivity contribution in [3.8, 4) is 0 Å². The molecule has 0 N–H and O–H groups in total. The number of hydrogen-bond donors (Lipinski definition) is 0. The molecule has 0 radical (unpaired) electrons. The largest absolute Gasteiger partial charge is 0.103 e. The zero-order chi connectivity index (χ0) is 10.4. The van der Waals surface area contributed by atoms with E-state index < -0.39 is 0 Å². The molecule has 0 amide bonds. The Labute approximate surface area is 101 Å². The topological polar surface area (TPSA) is 0 Å². The molecule has 0 aromatic carbocycles. The van der Waals surface area contributed by atoms with Gasteiger partial charge in [-0.1, -0.05) is 53.3 Å². The smallest absolute Gasteiger partial charge is 0.0328 e. The summed E-state index contributed by atoms with van der Waals surface area (Å²) in [6, 6.07) is 0. The monoisotopic (exact) mass is 216 g/mol. The highest BCUT2D eigenvalue weighted by atomic mass is 13.8. The first-order chi connectivity index (χ1) is 5.60. The minimum absolute atomic E-state index is 0. The van der Waals surface area contributed by atoms with Crippen molar-refractivity contribution in [1.82, 2.24) is 0 Å². The number of rotatable bonds is 2.